The van der Waals surface area contributed by atoms with E-state index in [1.807, 2.05) is 11.9 Å². The highest BCUT2D eigenvalue weighted by molar-refractivity contribution is 14.0. The molecule has 1 aromatic rings. The van der Waals surface area contributed by atoms with E-state index in [2.05, 4.69) is 10.3 Å². The Morgan fingerprint density at radius 3 is 2.76 bits per heavy atom. The van der Waals surface area contributed by atoms with Crippen molar-refractivity contribution in [1.29, 1.82) is 0 Å². The van der Waals surface area contributed by atoms with Crippen LogP contribution in [0.5, 0.6) is 5.75 Å². The summed E-state index contributed by atoms with van der Waals surface area (Å²) in [6, 6.07) is 4.86. The third kappa shape index (κ3) is 5.25. The number of aliphatic imine (C=N–C) groups is 1. The van der Waals surface area contributed by atoms with Gasteiger partial charge in [0.05, 0.1) is 18.7 Å². The zero-order valence-corrected chi connectivity index (χ0v) is 13.8. The summed E-state index contributed by atoms with van der Waals surface area (Å²) in [4.78, 5) is 6.21. The van der Waals surface area contributed by atoms with Gasteiger partial charge < -0.3 is 15.0 Å². The summed E-state index contributed by atoms with van der Waals surface area (Å²) in [5.74, 6) is 1.00. The molecule has 0 atom stereocenters. The average Bonchev–Trinajstić information content (AvgIpc) is 2.80. The van der Waals surface area contributed by atoms with Crippen molar-refractivity contribution in [3.63, 3.8) is 0 Å². The average molecular weight is 415 g/mol. The van der Waals surface area contributed by atoms with Gasteiger partial charge in [-0.05, 0) is 18.2 Å². The number of guanidine groups is 1. The van der Waals surface area contributed by atoms with Crippen LogP contribution in [0.1, 0.15) is 5.56 Å². The zero-order chi connectivity index (χ0) is 14.6. The maximum atomic E-state index is 12.5. The second kappa shape index (κ2) is 7.71. The van der Waals surface area contributed by atoms with E-state index < -0.39 is 11.7 Å². The molecule has 4 nitrogen and oxygen atoms in total. The monoisotopic (exact) mass is 415 g/mol. The van der Waals surface area contributed by atoms with Gasteiger partial charge in [0.2, 0.25) is 0 Å². The van der Waals surface area contributed by atoms with Crippen molar-refractivity contribution < 1.29 is 17.9 Å². The summed E-state index contributed by atoms with van der Waals surface area (Å²) in [7, 11) is 1.92. The minimum Gasteiger partial charge on any atom is -0.492 e. The maximum Gasteiger partial charge on any atom is 0.416 e. The van der Waals surface area contributed by atoms with E-state index in [1.165, 1.54) is 12.1 Å². The quantitative estimate of drug-likeness (QED) is 0.607. The Bertz CT molecular complexity index is 494. The van der Waals surface area contributed by atoms with E-state index in [-0.39, 0.29) is 36.3 Å². The first-order valence-electron chi connectivity index (χ1n) is 6.26. The molecule has 0 saturated carbocycles. The Kier molecular flexibility index (Phi) is 6.56. The maximum absolute atomic E-state index is 12.5. The summed E-state index contributed by atoms with van der Waals surface area (Å²) < 4.78 is 42.8. The number of benzene rings is 1. The van der Waals surface area contributed by atoms with E-state index in [0.717, 1.165) is 31.2 Å². The van der Waals surface area contributed by atoms with Crippen LogP contribution in [0.2, 0.25) is 0 Å². The molecule has 1 aromatic carbocycles. The minimum absolute atomic E-state index is 0. The van der Waals surface area contributed by atoms with Gasteiger partial charge in [0.15, 0.2) is 5.96 Å². The van der Waals surface area contributed by atoms with Gasteiger partial charge >= 0.3 is 6.18 Å². The fourth-order valence-electron chi connectivity index (χ4n) is 1.82. The lowest BCUT2D eigenvalue weighted by atomic mass is 10.2. The van der Waals surface area contributed by atoms with Crippen LogP contribution in [0.15, 0.2) is 29.3 Å². The molecule has 1 aliphatic rings. The summed E-state index contributed by atoms with van der Waals surface area (Å²) in [6.45, 7) is 2.39. The van der Waals surface area contributed by atoms with Crippen molar-refractivity contribution in [1.82, 2.24) is 10.2 Å². The van der Waals surface area contributed by atoms with Gasteiger partial charge in [-0.1, -0.05) is 6.07 Å². The number of nitrogens with zero attached hydrogens (tertiary/aromatic N) is 2. The number of rotatable bonds is 4. The highest BCUT2D eigenvalue weighted by Gasteiger charge is 2.30. The fraction of sp³-hybridized carbons (Fsp3) is 0.462. The van der Waals surface area contributed by atoms with Crippen LogP contribution < -0.4 is 10.1 Å². The molecule has 1 heterocycles. The van der Waals surface area contributed by atoms with Crippen LogP contribution in [0, 0.1) is 0 Å². The Morgan fingerprint density at radius 1 is 1.38 bits per heavy atom. The van der Waals surface area contributed by atoms with Crippen molar-refractivity contribution in [2.24, 2.45) is 4.99 Å². The molecule has 0 unspecified atom stereocenters. The minimum atomic E-state index is -4.35. The van der Waals surface area contributed by atoms with E-state index in [0.29, 0.717) is 6.54 Å². The van der Waals surface area contributed by atoms with Gasteiger partial charge in [0.25, 0.3) is 0 Å². The number of nitrogens with one attached hydrogen (secondary N) is 1. The summed E-state index contributed by atoms with van der Waals surface area (Å²) in [5, 5.41) is 3.08. The first-order valence-corrected chi connectivity index (χ1v) is 6.26. The van der Waals surface area contributed by atoms with Crippen molar-refractivity contribution in [2.75, 3.05) is 33.3 Å². The smallest absolute Gasteiger partial charge is 0.416 e. The van der Waals surface area contributed by atoms with E-state index in [1.54, 1.807) is 0 Å². The van der Waals surface area contributed by atoms with Crippen molar-refractivity contribution in [3.8, 4) is 5.75 Å². The van der Waals surface area contributed by atoms with Gasteiger partial charge in [-0.2, -0.15) is 13.2 Å². The summed E-state index contributed by atoms with van der Waals surface area (Å²) in [6.07, 6.45) is -4.35. The Morgan fingerprint density at radius 2 is 2.14 bits per heavy atom. The number of halogens is 4. The first-order chi connectivity index (χ1) is 9.47. The number of hydrogen-bond acceptors (Lipinski definition) is 4. The number of hydrogen-bond donors (Lipinski definition) is 1. The molecule has 0 aliphatic carbocycles. The fourth-order valence-corrected chi connectivity index (χ4v) is 1.82. The second-order valence-corrected chi connectivity index (χ2v) is 4.43. The van der Waals surface area contributed by atoms with Crippen LogP contribution in [0.3, 0.4) is 0 Å². The van der Waals surface area contributed by atoms with Gasteiger partial charge in [-0.15, -0.1) is 24.0 Å². The lowest BCUT2D eigenvalue weighted by Gasteiger charge is -2.15. The molecule has 0 radical (unpaired) electrons. The molecular formula is C13H17F3IN3O. The predicted octanol–water partition coefficient (Wildman–Crippen LogP) is 2.59. The Labute approximate surface area is 138 Å². The van der Waals surface area contributed by atoms with Crippen LogP contribution in [-0.2, 0) is 6.18 Å². The molecule has 118 valence electrons. The topological polar surface area (TPSA) is 36.9 Å². The van der Waals surface area contributed by atoms with E-state index >= 15 is 0 Å². The highest BCUT2D eigenvalue weighted by atomic mass is 127. The molecule has 0 amide bonds. The van der Waals surface area contributed by atoms with Crippen LogP contribution in [0.25, 0.3) is 0 Å². The zero-order valence-electron chi connectivity index (χ0n) is 11.5. The molecule has 21 heavy (non-hydrogen) atoms. The molecule has 0 aromatic heterocycles. The Balaban J connectivity index is 0.00000220. The lowest BCUT2D eigenvalue weighted by molar-refractivity contribution is -0.137. The third-order valence-electron chi connectivity index (χ3n) is 2.87. The van der Waals surface area contributed by atoms with Crippen molar-refractivity contribution >= 4 is 29.9 Å². The van der Waals surface area contributed by atoms with Gasteiger partial charge in [-0.3, -0.25) is 4.99 Å². The van der Waals surface area contributed by atoms with Gasteiger partial charge in [-0.25, -0.2) is 0 Å². The van der Waals surface area contributed by atoms with Crippen LogP contribution >= 0.6 is 24.0 Å². The normalized spacial score (nSPS) is 14.5. The van der Waals surface area contributed by atoms with E-state index in [9.17, 15) is 13.2 Å². The van der Waals surface area contributed by atoms with Crippen LogP contribution in [0.4, 0.5) is 13.2 Å². The van der Waals surface area contributed by atoms with Crippen LogP contribution in [-0.4, -0.2) is 44.1 Å². The number of likely N-dealkylation sites (N-methyl/N-ethyl adjacent to an activating group) is 1. The first kappa shape index (κ1) is 17.9. The standard InChI is InChI=1S/C13H16F3N3O.HI/c1-19-7-5-17-12(19)18-6-8-20-11-4-2-3-10(9-11)13(14,15)16;/h2-4,9H,5-8H2,1H3,(H,17,18);1H. The number of alkyl halides is 3. The SMILES string of the molecule is CN1CCN=C1NCCOc1cccc(C(F)(F)F)c1.I. The highest BCUT2D eigenvalue weighted by Crippen LogP contribution is 2.31. The van der Waals surface area contributed by atoms with Crippen molar-refractivity contribution in [2.45, 2.75) is 6.18 Å². The largest absolute Gasteiger partial charge is 0.492 e. The molecule has 0 fully saturated rings. The predicted molar refractivity (Wildman–Crippen MR) is 85.3 cm³/mol. The van der Waals surface area contributed by atoms with E-state index in [4.69, 9.17) is 4.74 Å². The third-order valence-corrected chi connectivity index (χ3v) is 2.87. The second-order valence-electron chi connectivity index (χ2n) is 4.43. The molecule has 2 rings (SSSR count). The summed E-state index contributed by atoms with van der Waals surface area (Å²) >= 11 is 0. The Hall–Kier alpha value is -1.19. The number of ether oxygens (including phenoxy) is 1. The summed E-state index contributed by atoms with van der Waals surface area (Å²) in [5.41, 5.74) is -0.706. The molecular weight excluding hydrogens is 398 g/mol. The van der Waals surface area contributed by atoms with Gasteiger partial charge in [0.1, 0.15) is 12.4 Å². The molecule has 0 spiro atoms. The molecule has 1 aliphatic heterocycles. The van der Waals surface area contributed by atoms with Gasteiger partial charge in [0, 0.05) is 13.6 Å². The molecule has 0 saturated heterocycles. The molecule has 8 heteroatoms. The lowest BCUT2D eigenvalue weighted by Crippen LogP contribution is -2.37. The molecule has 0 bridgehead atoms. The molecule has 1 N–H and O–H groups in total. The van der Waals surface area contributed by atoms with Crippen molar-refractivity contribution in [3.05, 3.63) is 29.8 Å².